The van der Waals surface area contributed by atoms with Crippen molar-refractivity contribution in [2.45, 2.75) is 26.1 Å². The Balaban J connectivity index is 1.69. The molecule has 0 unspecified atom stereocenters. The van der Waals surface area contributed by atoms with Gasteiger partial charge in [-0.1, -0.05) is 60.7 Å². The lowest BCUT2D eigenvalue weighted by Crippen LogP contribution is -2.48. The zero-order chi connectivity index (χ0) is 22.8. The minimum absolute atomic E-state index is 0.156. The molecule has 1 N–H and O–H groups in total. The largest absolute Gasteiger partial charge is 0.497 e. The fourth-order valence-electron chi connectivity index (χ4n) is 3.19. The molecule has 0 fully saturated rings. The van der Waals surface area contributed by atoms with Crippen LogP contribution in [-0.2, 0) is 22.7 Å². The summed E-state index contributed by atoms with van der Waals surface area (Å²) in [6.45, 7) is 2.25. The zero-order valence-electron chi connectivity index (χ0n) is 18.4. The first-order chi connectivity index (χ1) is 15.6. The molecule has 0 aliphatic heterocycles. The highest BCUT2D eigenvalue weighted by Crippen LogP contribution is 2.16. The minimum Gasteiger partial charge on any atom is -0.497 e. The van der Waals surface area contributed by atoms with Gasteiger partial charge in [-0.05, 0) is 42.3 Å². The number of amides is 2. The van der Waals surface area contributed by atoms with Crippen LogP contribution in [0.15, 0.2) is 84.9 Å². The molecule has 0 radical (unpaired) electrons. The van der Waals surface area contributed by atoms with Crippen LogP contribution in [0.25, 0.3) is 0 Å². The normalized spacial score (nSPS) is 11.3. The number of ether oxygens (including phenoxy) is 2. The molecule has 32 heavy (non-hydrogen) atoms. The van der Waals surface area contributed by atoms with Gasteiger partial charge in [0.2, 0.25) is 5.91 Å². The highest BCUT2D eigenvalue weighted by Gasteiger charge is 2.26. The molecule has 6 nitrogen and oxygen atoms in total. The number of benzene rings is 3. The molecule has 0 aliphatic carbocycles. The molecule has 6 heteroatoms. The smallest absolute Gasteiger partial charge is 0.261 e. The molecule has 0 aromatic heterocycles. The summed E-state index contributed by atoms with van der Waals surface area (Å²) in [5.74, 6) is 0.835. The molecule has 1 atom stereocenters. The SMILES string of the molecule is COc1ccc(CN(C(=O)COc2ccccc2)[C@@H](C)C(=O)NCc2ccccc2)cc1. The molecule has 3 aromatic carbocycles. The summed E-state index contributed by atoms with van der Waals surface area (Å²) in [7, 11) is 1.60. The lowest BCUT2D eigenvalue weighted by molar-refractivity contribution is -0.142. The van der Waals surface area contributed by atoms with Gasteiger partial charge < -0.3 is 19.7 Å². The highest BCUT2D eigenvalue weighted by molar-refractivity contribution is 5.87. The molecular weight excluding hydrogens is 404 g/mol. The van der Waals surface area contributed by atoms with E-state index in [0.717, 1.165) is 16.9 Å². The summed E-state index contributed by atoms with van der Waals surface area (Å²) in [5, 5.41) is 2.92. The van der Waals surface area contributed by atoms with Crippen molar-refractivity contribution in [1.29, 1.82) is 0 Å². The van der Waals surface area contributed by atoms with Crippen LogP contribution >= 0.6 is 0 Å². The van der Waals surface area contributed by atoms with Gasteiger partial charge >= 0.3 is 0 Å². The van der Waals surface area contributed by atoms with Crippen LogP contribution in [0.5, 0.6) is 11.5 Å². The third kappa shape index (κ3) is 6.60. The maximum absolute atomic E-state index is 13.1. The van der Waals surface area contributed by atoms with Crippen LogP contribution in [0.4, 0.5) is 0 Å². The second-order valence-electron chi connectivity index (χ2n) is 7.35. The topological polar surface area (TPSA) is 67.9 Å². The summed E-state index contributed by atoms with van der Waals surface area (Å²) in [6, 6.07) is 25.5. The standard InChI is InChI=1S/C26H28N2O4/c1-20(26(30)27-17-21-9-5-3-6-10-21)28(18-22-13-15-23(31-2)16-14-22)25(29)19-32-24-11-7-4-8-12-24/h3-16,20H,17-19H2,1-2H3,(H,27,30)/t20-/m0/s1. The zero-order valence-corrected chi connectivity index (χ0v) is 18.4. The van der Waals surface area contributed by atoms with E-state index in [4.69, 9.17) is 9.47 Å². The van der Waals surface area contributed by atoms with Gasteiger partial charge in [-0.25, -0.2) is 0 Å². The summed E-state index contributed by atoms with van der Waals surface area (Å²) in [5.41, 5.74) is 1.88. The number of carbonyl (C=O) groups excluding carboxylic acids is 2. The van der Waals surface area contributed by atoms with Crippen LogP contribution in [0, 0.1) is 0 Å². The fourth-order valence-corrected chi connectivity index (χ4v) is 3.19. The Morgan fingerprint density at radius 3 is 2.09 bits per heavy atom. The van der Waals surface area contributed by atoms with E-state index in [1.807, 2.05) is 72.8 Å². The van der Waals surface area contributed by atoms with Crippen molar-refractivity contribution >= 4 is 11.8 Å². The molecular formula is C26H28N2O4. The van der Waals surface area contributed by atoms with E-state index in [0.29, 0.717) is 12.3 Å². The van der Waals surface area contributed by atoms with E-state index in [1.54, 1.807) is 26.2 Å². The molecule has 0 saturated carbocycles. The van der Waals surface area contributed by atoms with Crippen molar-refractivity contribution in [2.24, 2.45) is 0 Å². The number of para-hydroxylation sites is 1. The van der Waals surface area contributed by atoms with Crippen molar-refractivity contribution in [3.8, 4) is 11.5 Å². The fraction of sp³-hybridized carbons (Fsp3) is 0.231. The van der Waals surface area contributed by atoms with Crippen LogP contribution in [-0.4, -0.2) is 36.5 Å². The Kier molecular flexibility index (Phi) is 8.26. The van der Waals surface area contributed by atoms with Crippen molar-refractivity contribution < 1.29 is 19.1 Å². The van der Waals surface area contributed by atoms with E-state index < -0.39 is 6.04 Å². The first kappa shape index (κ1) is 22.9. The number of rotatable bonds is 10. The van der Waals surface area contributed by atoms with Gasteiger partial charge in [0.25, 0.3) is 5.91 Å². The number of nitrogens with zero attached hydrogens (tertiary/aromatic N) is 1. The van der Waals surface area contributed by atoms with Crippen molar-refractivity contribution in [2.75, 3.05) is 13.7 Å². The Morgan fingerprint density at radius 2 is 1.47 bits per heavy atom. The molecule has 0 heterocycles. The van der Waals surface area contributed by atoms with E-state index in [-0.39, 0.29) is 25.0 Å². The highest BCUT2D eigenvalue weighted by atomic mass is 16.5. The Hall–Kier alpha value is -3.80. The van der Waals surface area contributed by atoms with Crippen LogP contribution in [0.2, 0.25) is 0 Å². The molecule has 0 saturated heterocycles. The van der Waals surface area contributed by atoms with Crippen LogP contribution in [0.3, 0.4) is 0 Å². The number of carbonyl (C=O) groups is 2. The quantitative estimate of drug-likeness (QED) is 0.529. The van der Waals surface area contributed by atoms with Gasteiger partial charge in [-0.2, -0.15) is 0 Å². The summed E-state index contributed by atoms with van der Waals surface area (Å²) < 4.78 is 10.8. The number of hydrogen-bond donors (Lipinski definition) is 1. The molecule has 3 rings (SSSR count). The number of hydrogen-bond acceptors (Lipinski definition) is 4. The van der Waals surface area contributed by atoms with Crippen molar-refractivity contribution in [3.63, 3.8) is 0 Å². The molecule has 0 aliphatic rings. The van der Waals surface area contributed by atoms with E-state index in [9.17, 15) is 9.59 Å². The minimum atomic E-state index is -0.673. The lowest BCUT2D eigenvalue weighted by Gasteiger charge is -2.29. The second-order valence-corrected chi connectivity index (χ2v) is 7.35. The number of methoxy groups -OCH3 is 1. The maximum Gasteiger partial charge on any atom is 0.261 e. The summed E-state index contributed by atoms with van der Waals surface area (Å²) in [4.78, 5) is 27.5. The molecule has 0 spiro atoms. The molecule has 2 amide bonds. The van der Waals surface area contributed by atoms with E-state index in [2.05, 4.69) is 5.32 Å². The third-order valence-electron chi connectivity index (χ3n) is 5.09. The van der Waals surface area contributed by atoms with Gasteiger partial charge in [0, 0.05) is 13.1 Å². The van der Waals surface area contributed by atoms with Gasteiger partial charge in [0.15, 0.2) is 6.61 Å². The molecule has 3 aromatic rings. The number of nitrogens with one attached hydrogen (secondary N) is 1. The average Bonchev–Trinajstić information content (AvgIpc) is 2.85. The Labute approximate surface area is 188 Å². The predicted octanol–water partition coefficient (Wildman–Crippen LogP) is 3.81. The average molecular weight is 433 g/mol. The van der Waals surface area contributed by atoms with E-state index >= 15 is 0 Å². The Morgan fingerprint density at radius 1 is 0.844 bits per heavy atom. The lowest BCUT2D eigenvalue weighted by atomic mass is 10.1. The summed E-state index contributed by atoms with van der Waals surface area (Å²) >= 11 is 0. The summed E-state index contributed by atoms with van der Waals surface area (Å²) in [6.07, 6.45) is 0. The van der Waals surface area contributed by atoms with Crippen molar-refractivity contribution in [1.82, 2.24) is 10.2 Å². The van der Waals surface area contributed by atoms with Crippen LogP contribution < -0.4 is 14.8 Å². The molecule has 166 valence electrons. The second kappa shape index (κ2) is 11.6. The van der Waals surface area contributed by atoms with E-state index in [1.165, 1.54) is 4.90 Å². The van der Waals surface area contributed by atoms with Crippen LogP contribution in [0.1, 0.15) is 18.1 Å². The first-order valence-electron chi connectivity index (χ1n) is 10.5. The monoisotopic (exact) mass is 432 g/mol. The maximum atomic E-state index is 13.1. The van der Waals surface area contributed by atoms with Gasteiger partial charge in [-0.3, -0.25) is 9.59 Å². The first-order valence-corrected chi connectivity index (χ1v) is 10.5. The predicted molar refractivity (Wildman–Crippen MR) is 123 cm³/mol. The van der Waals surface area contributed by atoms with Gasteiger partial charge in [-0.15, -0.1) is 0 Å². The molecule has 0 bridgehead atoms. The Bertz CT molecular complexity index is 991. The van der Waals surface area contributed by atoms with Gasteiger partial charge in [0.05, 0.1) is 7.11 Å². The third-order valence-corrected chi connectivity index (χ3v) is 5.09. The van der Waals surface area contributed by atoms with Crippen molar-refractivity contribution in [3.05, 3.63) is 96.1 Å². The van der Waals surface area contributed by atoms with Gasteiger partial charge in [0.1, 0.15) is 17.5 Å².